The molecule has 27 heteroatoms. The molecule has 6 rings (SSSR count). The van der Waals surface area contributed by atoms with Crippen LogP contribution in [0.25, 0.3) is 22.0 Å². The molecule has 0 radical (unpaired) electrons. The predicted octanol–water partition coefficient (Wildman–Crippen LogP) is 8.72. The quantitative estimate of drug-likeness (QED) is 0.0513. The first-order chi connectivity index (χ1) is 34.7. The summed E-state index contributed by atoms with van der Waals surface area (Å²) in [5, 5.41) is 9.31. The lowest BCUT2D eigenvalue weighted by Gasteiger charge is -2.30. The minimum Gasteiger partial charge on any atom is -0.346 e. The molecule has 3 heterocycles. The topological polar surface area (TPSA) is 169 Å². The molecule has 4 atom stereocenters. The number of anilines is 1. The van der Waals surface area contributed by atoms with Crippen molar-refractivity contribution in [3.8, 4) is 23.0 Å². The Morgan fingerprint density at radius 1 is 0.960 bits per heavy atom. The van der Waals surface area contributed by atoms with E-state index >= 15 is 8.78 Å². The maximum Gasteiger partial charge on any atom is 0.435 e. The SMILES string of the molecule is C[C@H]1CC(F)(F)c2c1c(C(F)(F)F)nn2CC(=O)NC(Cc1cc(F)cc(F)c1)c1nc(C#CC(C)(C)S(C)=O)ccc1-c1ccc(Cl)c2c(N(C(=O)CC(C)(C)CN(C=O)CC=O)S(C)=O)nn(CC(F)(F)F)c12. The third-order valence-electron chi connectivity index (χ3n) is 12.0. The van der Waals surface area contributed by atoms with E-state index in [0.717, 1.165) is 30.2 Å². The second-order valence-corrected chi connectivity index (χ2v) is 22.6. The van der Waals surface area contributed by atoms with E-state index in [1.54, 1.807) is 0 Å². The first-order valence-electron chi connectivity index (χ1n) is 22.4. The molecule has 404 valence electrons. The van der Waals surface area contributed by atoms with Crippen molar-refractivity contribution in [2.75, 3.05) is 29.9 Å². The lowest BCUT2D eigenvalue weighted by molar-refractivity contribution is -0.143. The molecule has 2 aromatic carbocycles. The van der Waals surface area contributed by atoms with Gasteiger partial charge in [0.1, 0.15) is 58.1 Å². The van der Waals surface area contributed by atoms with Crippen LogP contribution in [0.2, 0.25) is 5.02 Å². The van der Waals surface area contributed by atoms with Gasteiger partial charge in [-0.05, 0) is 73.4 Å². The Labute approximate surface area is 432 Å². The third kappa shape index (κ3) is 13.3. The number of halogens is 11. The third-order valence-corrected chi connectivity index (χ3v) is 14.7. The maximum atomic E-state index is 15.4. The lowest BCUT2D eigenvalue weighted by Crippen LogP contribution is -2.40. The van der Waals surface area contributed by atoms with Crippen molar-refractivity contribution in [3.05, 3.63) is 93.0 Å². The smallest absolute Gasteiger partial charge is 0.346 e. The molecule has 3 amide bonds. The minimum atomic E-state index is -5.23. The summed E-state index contributed by atoms with van der Waals surface area (Å²) < 4.78 is 174. The van der Waals surface area contributed by atoms with E-state index in [9.17, 15) is 62.7 Å². The van der Waals surface area contributed by atoms with Crippen LogP contribution in [0.1, 0.15) is 93.3 Å². The Bertz CT molecular complexity index is 3160. The first-order valence-corrected chi connectivity index (χ1v) is 25.9. The fourth-order valence-corrected chi connectivity index (χ4v) is 9.89. The van der Waals surface area contributed by atoms with Gasteiger partial charge < -0.3 is 15.0 Å². The molecule has 0 saturated heterocycles. The number of hydrogen-bond acceptors (Lipinski definition) is 9. The number of alkyl halides is 8. The summed E-state index contributed by atoms with van der Waals surface area (Å²) in [5.74, 6) is -4.79. The van der Waals surface area contributed by atoms with E-state index in [2.05, 4.69) is 32.3 Å². The van der Waals surface area contributed by atoms with Crippen LogP contribution < -0.4 is 9.62 Å². The fourth-order valence-electron chi connectivity index (χ4n) is 8.73. The standard InChI is InChI=1S/C48H47ClF10N8O6S2/c1-26-20-46(52,53)42-37(26)41(48(57,58)59)62-65(42)22-35(70)61-34(18-27-16-28(50)19-29(51)17-27)39-31(9-8-30(60-39)12-13-45(4,5)74(6)72)32-10-11-33(49)38-40(32)66(24-47(54,55)56)63-43(38)67(75(7)73)36(71)21-44(2,3)23-64(25-69)14-15-68/h8-11,15-17,19,25-26,34H,14,18,20-24H2,1-7H3,(H,61,70)/t26-,34?,74?,75?/m0/s1. The lowest BCUT2D eigenvalue weighted by atomic mass is 9.88. The number of nitrogens with one attached hydrogen (secondary N) is 1. The first kappa shape index (κ1) is 58.1. The number of rotatable bonds is 18. The largest absolute Gasteiger partial charge is 0.435 e. The number of hydrogen-bond donors (Lipinski definition) is 1. The minimum absolute atomic E-state index is 0.151. The second-order valence-electron chi connectivity index (χ2n) is 19.1. The monoisotopic (exact) mass is 1120 g/mol. The number of amides is 3. The van der Waals surface area contributed by atoms with Crippen LogP contribution in [0.5, 0.6) is 0 Å². The highest BCUT2D eigenvalue weighted by molar-refractivity contribution is 7.86. The normalized spacial score (nSPS) is 15.9. The number of benzene rings is 2. The van der Waals surface area contributed by atoms with Gasteiger partial charge in [-0.25, -0.2) is 22.3 Å². The highest BCUT2D eigenvalue weighted by atomic mass is 35.5. The van der Waals surface area contributed by atoms with E-state index in [1.165, 1.54) is 58.2 Å². The molecule has 0 fully saturated rings. The summed E-state index contributed by atoms with van der Waals surface area (Å²) in [6.07, 6.45) is -9.28. The molecule has 0 spiro atoms. The maximum absolute atomic E-state index is 15.4. The summed E-state index contributed by atoms with van der Waals surface area (Å²) in [6, 6.07) is 5.42. The van der Waals surface area contributed by atoms with Gasteiger partial charge >= 0.3 is 12.4 Å². The van der Waals surface area contributed by atoms with Crippen LogP contribution in [-0.2, 0) is 72.6 Å². The highest BCUT2D eigenvalue weighted by Gasteiger charge is 2.53. The molecule has 1 aliphatic carbocycles. The van der Waals surface area contributed by atoms with Crippen molar-refractivity contribution in [2.45, 2.75) is 102 Å². The van der Waals surface area contributed by atoms with Crippen molar-refractivity contribution in [1.29, 1.82) is 0 Å². The van der Waals surface area contributed by atoms with Crippen LogP contribution in [-0.4, -0.2) is 98.9 Å². The van der Waals surface area contributed by atoms with Crippen molar-refractivity contribution < 1.29 is 71.5 Å². The van der Waals surface area contributed by atoms with Gasteiger partial charge in [0.2, 0.25) is 18.2 Å². The van der Waals surface area contributed by atoms with Gasteiger partial charge in [-0.2, -0.15) is 45.3 Å². The fraction of sp³-hybridized carbons (Fsp3) is 0.438. The molecule has 0 saturated carbocycles. The number of aldehydes is 1. The van der Waals surface area contributed by atoms with Gasteiger partial charge in [-0.1, -0.05) is 44.4 Å². The molecule has 0 bridgehead atoms. The molecule has 3 unspecified atom stereocenters. The van der Waals surface area contributed by atoms with Crippen LogP contribution in [0.4, 0.5) is 49.7 Å². The number of nitrogens with zero attached hydrogens (tertiary/aromatic N) is 7. The summed E-state index contributed by atoms with van der Waals surface area (Å²) in [7, 11) is -3.97. The van der Waals surface area contributed by atoms with E-state index in [-0.39, 0.29) is 56.3 Å². The van der Waals surface area contributed by atoms with Crippen molar-refractivity contribution >= 4 is 74.6 Å². The summed E-state index contributed by atoms with van der Waals surface area (Å²) in [4.78, 5) is 57.0. The van der Waals surface area contributed by atoms with Crippen LogP contribution in [0.3, 0.4) is 0 Å². The average Bonchev–Trinajstić information content (AvgIpc) is 3.91. The van der Waals surface area contributed by atoms with E-state index in [1.807, 2.05) is 0 Å². The molecule has 0 aliphatic heterocycles. The van der Waals surface area contributed by atoms with E-state index in [4.69, 9.17) is 11.6 Å². The molecule has 3 aromatic heterocycles. The van der Waals surface area contributed by atoms with Crippen LogP contribution >= 0.6 is 11.6 Å². The van der Waals surface area contributed by atoms with Crippen LogP contribution in [0.15, 0.2) is 42.5 Å². The molecular formula is C48H47ClF10N8O6S2. The highest BCUT2D eigenvalue weighted by Crippen LogP contribution is 2.52. The molecule has 1 N–H and O–H groups in total. The molecule has 1 aliphatic rings. The summed E-state index contributed by atoms with van der Waals surface area (Å²) in [5.41, 5.74) is -6.41. The predicted molar refractivity (Wildman–Crippen MR) is 258 cm³/mol. The molecular weight excluding hydrogens is 1070 g/mol. The van der Waals surface area contributed by atoms with Crippen molar-refractivity contribution in [1.82, 2.24) is 34.8 Å². The van der Waals surface area contributed by atoms with Gasteiger partial charge in [0.25, 0.3) is 5.92 Å². The second kappa shape index (κ2) is 21.8. The molecule has 5 aromatic rings. The van der Waals surface area contributed by atoms with E-state index < -0.39 is 146 Å². The summed E-state index contributed by atoms with van der Waals surface area (Å²) in [6.45, 7) is 3.58. The Morgan fingerprint density at radius 2 is 1.60 bits per heavy atom. The Kier molecular flexibility index (Phi) is 16.9. The van der Waals surface area contributed by atoms with Gasteiger partial charge in [-0.15, -0.1) is 0 Å². The Balaban J connectivity index is 1.62. The number of carbonyl (C=O) groups is 4. The zero-order valence-electron chi connectivity index (χ0n) is 40.9. The average molecular weight is 1120 g/mol. The van der Waals surface area contributed by atoms with Crippen LogP contribution in [0, 0.1) is 28.9 Å². The Hall–Kier alpha value is -6.20. The zero-order chi connectivity index (χ0) is 55.9. The number of fused-ring (bicyclic) bond motifs is 2. The number of carbonyl (C=O) groups excluding carboxylic acids is 4. The van der Waals surface area contributed by atoms with Crippen molar-refractivity contribution in [2.24, 2.45) is 5.41 Å². The number of aromatic nitrogens is 5. The Morgan fingerprint density at radius 3 is 2.17 bits per heavy atom. The van der Waals surface area contributed by atoms with Gasteiger partial charge in [0.05, 0.1) is 34.2 Å². The van der Waals surface area contributed by atoms with Crippen molar-refractivity contribution in [3.63, 3.8) is 0 Å². The van der Waals surface area contributed by atoms with Gasteiger partial charge in [0, 0.05) is 65.5 Å². The molecule has 14 nitrogen and oxygen atoms in total. The number of pyridine rings is 1. The van der Waals surface area contributed by atoms with E-state index in [0.29, 0.717) is 27.7 Å². The van der Waals surface area contributed by atoms with Gasteiger partial charge in [0.15, 0.2) is 11.5 Å². The molecule has 75 heavy (non-hydrogen) atoms. The zero-order valence-corrected chi connectivity index (χ0v) is 43.2. The van der Waals surface area contributed by atoms with Gasteiger partial charge in [-0.3, -0.25) is 28.0 Å². The summed E-state index contributed by atoms with van der Waals surface area (Å²) >= 11 is 6.77.